The zero-order valence-electron chi connectivity index (χ0n) is 9.99. The van der Waals surface area contributed by atoms with Gasteiger partial charge in [0.15, 0.2) is 0 Å². The third-order valence-corrected chi connectivity index (χ3v) is 4.04. The second-order valence-corrected chi connectivity index (χ2v) is 5.52. The van der Waals surface area contributed by atoms with Crippen molar-refractivity contribution in [3.05, 3.63) is 29.8 Å². The van der Waals surface area contributed by atoms with Gasteiger partial charge in [0.2, 0.25) is 0 Å². The fourth-order valence-electron chi connectivity index (χ4n) is 2.16. The summed E-state index contributed by atoms with van der Waals surface area (Å²) in [6.45, 7) is 4.46. The molecule has 0 radical (unpaired) electrons. The SMILES string of the molecule is CCSc1ccc(C(NC)C2CNC2)cc1. The summed E-state index contributed by atoms with van der Waals surface area (Å²) in [6.07, 6.45) is 0. The van der Waals surface area contributed by atoms with Crippen LogP contribution < -0.4 is 10.6 Å². The van der Waals surface area contributed by atoms with Crippen LogP contribution in [0.1, 0.15) is 18.5 Å². The molecule has 1 heterocycles. The van der Waals surface area contributed by atoms with Crippen LogP contribution in [-0.2, 0) is 0 Å². The lowest BCUT2D eigenvalue weighted by atomic mass is 9.89. The third-order valence-electron chi connectivity index (χ3n) is 3.15. The molecule has 3 heteroatoms. The van der Waals surface area contributed by atoms with E-state index in [1.54, 1.807) is 0 Å². The van der Waals surface area contributed by atoms with Gasteiger partial charge in [-0.1, -0.05) is 19.1 Å². The highest BCUT2D eigenvalue weighted by molar-refractivity contribution is 7.99. The molecule has 1 aliphatic heterocycles. The van der Waals surface area contributed by atoms with Gasteiger partial charge in [-0.15, -0.1) is 11.8 Å². The van der Waals surface area contributed by atoms with Crippen molar-refractivity contribution >= 4 is 11.8 Å². The summed E-state index contributed by atoms with van der Waals surface area (Å²) in [7, 11) is 2.05. The summed E-state index contributed by atoms with van der Waals surface area (Å²) in [5.41, 5.74) is 1.41. The Morgan fingerprint density at radius 1 is 1.38 bits per heavy atom. The highest BCUT2D eigenvalue weighted by Gasteiger charge is 2.26. The monoisotopic (exact) mass is 236 g/mol. The van der Waals surface area contributed by atoms with Crippen LogP contribution in [0.25, 0.3) is 0 Å². The lowest BCUT2D eigenvalue weighted by Gasteiger charge is -2.35. The minimum Gasteiger partial charge on any atom is -0.316 e. The van der Waals surface area contributed by atoms with Crippen LogP contribution in [0.4, 0.5) is 0 Å². The van der Waals surface area contributed by atoms with Gasteiger partial charge in [-0.3, -0.25) is 0 Å². The van der Waals surface area contributed by atoms with Crippen LogP contribution in [0.3, 0.4) is 0 Å². The summed E-state index contributed by atoms with van der Waals surface area (Å²) in [5.74, 6) is 1.89. The second kappa shape index (κ2) is 5.71. The Kier molecular flexibility index (Phi) is 4.27. The average molecular weight is 236 g/mol. The number of rotatable bonds is 5. The molecule has 1 fully saturated rings. The van der Waals surface area contributed by atoms with Crippen molar-refractivity contribution in [1.82, 2.24) is 10.6 Å². The van der Waals surface area contributed by atoms with Crippen molar-refractivity contribution in [1.29, 1.82) is 0 Å². The maximum absolute atomic E-state index is 3.42. The number of benzene rings is 1. The Balaban J connectivity index is 2.06. The Labute approximate surface area is 102 Å². The Bertz CT molecular complexity index is 319. The molecule has 0 saturated carbocycles. The smallest absolute Gasteiger partial charge is 0.0370 e. The lowest BCUT2D eigenvalue weighted by molar-refractivity contribution is 0.268. The Morgan fingerprint density at radius 2 is 2.06 bits per heavy atom. The minimum absolute atomic E-state index is 0.502. The van der Waals surface area contributed by atoms with Gasteiger partial charge in [0.1, 0.15) is 0 Å². The molecular formula is C13H20N2S. The van der Waals surface area contributed by atoms with Gasteiger partial charge >= 0.3 is 0 Å². The van der Waals surface area contributed by atoms with Crippen molar-refractivity contribution < 1.29 is 0 Å². The van der Waals surface area contributed by atoms with Gasteiger partial charge in [0.05, 0.1) is 0 Å². The van der Waals surface area contributed by atoms with Crippen LogP contribution in [-0.4, -0.2) is 25.9 Å². The number of nitrogens with one attached hydrogen (secondary N) is 2. The summed E-state index contributed by atoms with van der Waals surface area (Å²) >= 11 is 1.90. The van der Waals surface area contributed by atoms with Crippen molar-refractivity contribution in [2.24, 2.45) is 5.92 Å². The topological polar surface area (TPSA) is 24.1 Å². The van der Waals surface area contributed by atoms with Gasteiger partial charge in [0.25, 0.3) is 0 Å². The van der Waals surface area contributed by atoms with Crippen LogP contribution in [0.5, 0.6) is 0 Å². The van der Waals surface area contributed by atoms with E-state index in [-0.39, 0.29) is 0 Å². The van der Waals surface area contributed by atoms with Gasteiger partial charge in [0, 0.05) is 29.9 Å². The molecule has 88 valence electrons. The van der Waals surface area contributed by atoms with E-state index in [0.29, 0.717) is 6.04 Å². The lowest BCUT2D eigenvalue weighted by Crippen LogP contribution is -2.48. The zero-order valence-corrected chi connectivity index (χ0v) is 10.8. The van der Waals surface area contributed by atoms with E-state index in [1.165, 1.54) is 10.5 Å². The molecule has 0 aliphatic carbocycles. The first-order chi connectivity index (χ1) is 7.85. The summed E-state index contributed by atoms with van der Waals surface area (Å²) < 4.78 is 0. The number of thioether (sulfide) groups is 1. The Hall–Kier alpha value is -0.510. The number of hydrogen-bond acceptors (Lipinski definition) is 3. The second-order valence-electron chi connectivity index (χ2n) is 4.19. The standard InChI is InChI=1S/C13H20N2S/c1-3-16-12-6-4-10(5-7-12)13(14-2)11-8-15-9-11/h4-7,11,13-15H,3,8-9H2,1-2H3. The van der Waals surface area contributed by atoms with E-state index >= 15 is 0 Å². The average Bonchev–Trinajstić information content (AvgIpc) is 2.25. The van der Waals surface area contributed by atoms with Gasteiger partial charge in [-0.05, 0) is 30.5 Å². The molecule has 0 amide bonds. The normalized spacial score (nSPS) is 18.1. The molecule has 16 heavy (non-hydrogen) atoms. The molecule has 2 N–H and O–H groups in total. The molecule has 2 nitrogen and oxygen atoms in total. The van der Waals surface area contributed by atoms with E-state index in [4.69, 9.17) is 0 Å². The Morgan fingerprint density at radius 3 is 2.50 bits per heavy atom. The van der Waals surface area contributed by atoms with Crippen LogP contribution in [0.2, 0.25) is 0 Å². The molecule has 0 bridgehead atoms. The quantitative estimate of drug-likeness (QED) is 0.767. The van der Waals surface area contributed by atoms with Gasteiger partial charge in [-0.25, -0.2) is 0 Å². The molecule has 1 unspecified atom stereocenters. The molecular weight excluding hydrogens is 216 g/mol. The first-order valence-corrected chi connectivity index (χ1v) is 6.94. The van der Waals surface area contributed by atoms with Gasteiger partial charge < -0.3 is 10.6 Å². The van der Waals surface area contributed by atoms with Crippen molar-refractivity contribution in [2.75, 3.05) is 25.9 Å². The molecule has 2 rings (SSSR count). The van der Waals surface area contributed by atoms with E-state index in [0.717, 1.165) is 24.8 Å². The zero-order chi connectivity index (χ0) is 11.4. The van der Waals surface area contributed by atoms with Crippen LogP contribution in [0, 0.1) is 5.92 Å². The van der Waals surface area contributed by atoms with Crippen LogP contribution >= 0.6 is 11.8 Å². The fraction of sp³-hybridized carbons (Fsp3) is 0.538. The van der Waals surface area contributed by atoms with Crippen molar-refractivity contribution in [2.45, 2.75) is 17.9 Å². The minimum atomic E-state index is 0.502. The highest BCUT2D eigenvalue weighted by atomic mass is 32.2. The molecule has 1 saturated heterocycles. The summed E-state index contributed by atoms with van der Waals surface area (Å²) in [4.78, 5) is 1.37. The number of hydrogen-bond donors (Lipinski definition) is 2. The molecule has 0 aromatic heterocycles. The maximum atomic E-state index is 3.42. The molecule has 1 aromatic carbocycles. The first-order valence-electron chi connectivity index (χ1n) is 5.96. The van der Waals surface area contributed by atoms with E-state index in [9.17, 15) is 0 Å². The summed E-state index contributed by atoms with van der Waals surface area (Å²) in [5, 5.41) is 6.76. The molecule has 1 aliphatic rings. The first kappa shape index (κ1) is 12.0. The predicted molar refractivity (Wildman–Crippen MR) is 71.0 cm³/mol. The molecule has 1 atom stereocenters. The van der Waals surface area contributed by atoms with E-state index < -0.39 is 0 Å². The largest absolute Gasteiger partial charge is 0.316 e. The molecule has 0 spiro atoms. The van der Waals surface area contributed by atoms with E-state index in [2.05, 4.69) is 48.9 Å². The van der Waals surface area contributed by atoms with E-state index in [1.807, 2.05) is 11.8 Å². The van der Waals surface area contributed by atoms with Crippen molar-refractivity contribution in [3.63, 3.8) is 0 Å². The molecule has 1 aromatic rings. The van der Waals surface area contributed by atoms with Gasteiger partial charge in [-0.2, -0.15) is 0 Å². The maximum Gasteiger partial charge on any atom is 0.0370 e. The van der Waals surface area contributed by atoms with Crippen LogP contribution in [0.15, 0.2) is 29.2 Å². The summed E-state index contributed by atoms with van der Waals surface area (Å²) in [6, 6.07) is 9.50. The third kappa shape index (κ3) is 2.59. The predicted octanol–water partition coefficient (Wildman–Crippen LogP) is 2.28. The fourth-order valence-corrected chi connectivity index (χ4v) is 2.82. The highest BCUT2D eigenvalue weighted by Crippen LogP contribution is 2.26. The van der Waals surface area contributed by atoms with Crippen molar-refractivity contribution in [3.8, 4) is 0 Å².